The molecule has 0 radical (unpaired) electrons. The summed E-state index contributed by atoms with van der Waals surface area (Å²) in [5, 5.41) is 11.9. The van der Waals surface area contributed by atoms with Crippen LogP contribution in [-0.4, -0.2) is 21.8 Å². The highest BCUT2D eigenvalue weighted by Crippen LogP contribution is 2.22. The van der Waals surface area contributed by atoms with Gasteiger partial charge in [-0.3, -0.25) is 5.32 Å². The van der Waals surface area contributed by atoms with Gasteiger partial charge < -0.3 is 15.6 Å². The number of nitrogens with two attached hydrogens (primary N) is 1. The van der Waals surface area contributed by atoms with Crippen molar-refractivity contribution in [2.45, 2.75) is 26.4 Å². The fourth-order valence-electron chi connectivity index (χ4n) is 1.26. The zero-order chi connectivity index (χ0) is 13.9. The molecular weight excluding hydrogens is 252 g/mol. The van der Waals surface area contributed by atoms with Gasteiger partial charge in [-0.2, -0.15) is 0 Å². The van der Waals surface area contributed by atoms with Crippen molar-refractivity contribution >= 4 is 29.0 Å². The minimum atomic E-state index is -0.606. The molecule has 0 aliphatic carbocycles. The zero-order valence-electron chi connectivity index (χ0n) is 10.5. The van der Waals surface area contributed by atoms with Gasteiger partial charge >= 0.3 is 6.09 Å². The highest BCUT2D eigenvalue weighted by molar-refractivity contribution is 7.80. The number of thiocarbonyl (C=S) groups is 1. The van der Waals surface area contributed by atoms with Crippen molar-refractivity contribution in [2.24, 2.45) is 5.73 Å². The van der Waals surface area contributed by atoms with Crippen molar-refractivity contribution in [3.05, 3.63) is 23.8 Å². The normalized spacial score (nSPS) is 10.8. The second-order valence-electron chi connectivity index (χ2n) is 4.72. The summed E-state index contributed by atoms with van der Waals surface area (Å²) in [7, 11) is 0. The van der Waals surface area contributed by atoms with E-state index in [1.807, 2.05) is 0 Å². The van der Waals surface area contributed by atoms with Crippen molar-refractivity contribution in [2.75, 3.05) is 5.32 Å². The quantitative estimate of drug-likeness (QED) is 0.566. The predicted octanol–water partition coefficient (Wildman–Crippen LogP) is 2.37. The van der Waals surface area contributed by atoms with Crippen LogP contribution < -0.4 is 11.1 Å². The molecule has 0 saturated heterocycles. The molecule has 0 aromatic heterocycles. The summed E-state index contributed by atoms with van der Waals surface area (Å²) in [6.45, 7) is 5.29. The van der Waals surface area contributed by atoms with Crippen molar-refractivity contribution in [1.82, 2.24) is 0 Å². The van der Waals surface area contributed by atoms with Crippen LogP contribution in [0.2, 0.25) is 0 Å². The Labute approximate surface area is 111 Å². The molecule has 0 unspecified atom stereocenters. The molecule has 0 fully saturated rings. The van der Waals surface area contributed by atoms with Gasteiger partial charge in [0, 0.05) is 5.56 Å². The second kappa shape index (κ2) is 5.22. The van der Waals surface area contributed by atoms with Gasteiger partial charge in [0.05, 0.1) is 5.69 Å². The summed E-state index contributed by atoms with van der Waals surface area (Å²) < 4.78 is 5.11. The summed E-state index contributed by atoms with van der Waals surface area (Å²) >= 11 is 4.85. The summed E-state index contributed by atoms with van der Waals surface area (Å²) in [5.74, 6) is 0.0209. The lowest BCUT2D eigenvalue weighted by molar-refractivity contribution is 0.0636. The summed E-state index contributed by atoms with van der Waals surface area (Å²) in [6.07, 6.45) is -0.606. The number of phenols is 1. The highest BCUT2D eigenvalue weighted by Gasteiger charge is 2.17. The van der Waals surface area contributed by atoms with Gasteiger partial charge in [-0.25, -0.2) is 4.79 Å². The molecule has 0 heterocycles. The molecule has 1 aromatic carbocycles. The van der Waals surface area contributed by atoms with Gasteiger partial charge in [-0.1, -0.05) is 12.2 Å². The van der Waals surface area contributed by atoms with E-state index in [0.717, 1.165) is 0 Å². The molecular formula is C12H16N2O3S. The molecule has 0 bridgehead atoms. The minimum Gasteiger partial charge on any atom is -0.508 e. The average Bonchev–Trinajstić information content (AvgIpc) is 2.17. The van der Waals surface area contributed by atoms with Crippen LogP contribution in [-0.2, 0) is 4.74 Å². The van der Waals surface area contributed by atoms with Gasteiger partial charge in [0.2, 0.25) is 0 Å². The van der Waals surface area contributed by atoms with E-state index in [-0.39, 0.29) is 10.7 Å². The molecule has 18 heavy (non-hydrogen) atoms. The van der Waals surface area contributed by atoms with Gasteiger partial charge in [-0.15, -0.1) is 0 Å². The summed E-state index contributed by atoms with van der Waals surface area (Å²) in [5.41, 5.74) is 5.70. The number of hydrogen-bond donors (Lipinski definition) is 3. The van der Waals surface area contributed by atoms with E-state index in [4.69, 9.17) is 22.7 Å². The highest BCUT2D eigenvalue weighted by atomic mass is 32.1. The first-order valence-corrected chi connectivity index (χ1v) is 5.73. The Morgan fingerprint density at radius 2 is 2.06 bits per heavy atom. The molecule has 0 spiro atoms. The standard InChI is InChI=1S/C12H16N2O3S/c1-12(2,3)17-11(16)14-9-5-4-7(15)6-8(9)10(13)18/h4-6,15H,1-3H3,(H2,13,18)(H,14,16). The van der Waals surface area contributed by atoms with Crippen LogP contribution in [0.15, 0.2) is 18.2 Å². The maximum absolute atomic E-state index is 11.6. The SMILES string of the molecule is CC(C)(C)OC(=O)Nc1ccc(O)cc1C(N)=S. The summed E-state index contributed by atoms with van der Waals surface area (Å²) in [6, 6.07) is 4.32. The van der Waals surface area contributed by atoms with Gasteiger partial charge in [0.25, 0.3) is 0 Å². The first-order valence-electron chi connectivity index (χ1n) is 5.32. The van der Waals surface area contributed by atoms with Crippen LogP contribution in [0, 0.1) is 0 Å². The van der Waals surface area contributed by atoms with E-state index in [0.29, 0.717) is 11.3 Å². The Kier molecular flexibility index (Phi) is 4.13. The Hall–Kier alpha value is -1.82. The van der Waals surface area contributed by atoms with Crippen LogP contribution in [0.3, 0.4) is 0 Å². The largest absolute Gasteiger partial charge is 0.508 e. The second-order valence-corrected chi connectivity index (χ2v) is 5.16. The van der Waals surface area contributed by atoms with E-state index in [1.54, 1.807) is 20.8 Å². The van der Waals surface area contributed by atoms with E-state index < -0.39 is 11.7 Å². The minimum absolute atomic E-state index is 0.0209. The molecule has 1 rings (SSSR count). The van der Waals surface area contributed by atoms with Crippen molar-refractivity contribution in [3.8, 4) is 5.75 Å². The average molecular weight is 268 g/mol. The first-order chi connectivity index (χ1) is 8.19. The lowest BCUT2D eigenvalue weighted by Crippen LogP contribution is -2.28. The number of carbonyl (C=O) groups excluding carboxylic acids is 1. The zero-order valence-corrected chi connectivity index (χ0v) is 11.3. The van der Waals surface area contributed by atoms with Crippen LogP contribution in [0.25, 0.3) is 0 Å². The Morgan fingerprint density at radius 1 is 1.44 bits per heavy atom. The maximum Gasteiger partial charge on any atom is 0.412 e. The number of rotatable bonds is 2. The van der Waals surface area contributed by atoms with Crippen LogP contribution in [0.4, 0.5) is 10.5 Å². The number of benzene rings is 1. The van der Waals surface area contributed by atoms with Crippen LogP contribution in [0.1, 0.15) is 26.3 Å². The monoisotopic (exact) mass is 268 g/mol. The molecule has 0 aliphatic heterocycles. The van der Waals surface area contributed by atoms with Gasteiger partial charge in [-0.05, 0) is 39.0 Å². The Balaban J connectivity index is 2.91. The fourth-order valence-corrected chi connectivity index (χ4v) is 1.43. The number of hydrogen-bond acceptors (Lipinski definition) is 4. The predicted molar refractivity (Wildman–Crippen MR) is 73.9 cm³/mol. The van der Waals surface area contributed by atoms with Crippen molar-refractivity contribution in [3.63, 3.8) is 0 Å². The Morgan fingerprint density at radius 3 is 2.56 bits per heavy atom. The molecule has 98 valence electrons. The first kappa shape index (κ1) is 14.2. The van der Waals surface area contributed by atoms with Crippen molar-refractivity contribution in [1.29, 1.82) is 0 Å². The van der Waals surface area contributed by atoms with E-state index >= 15 is 0 Å². The number of anilines is 1. The lowest BCUT2D eigenvalue weighted by Gasteiger charge is -2.20. The van der Waals surface area contributed by atoms with E-state index in [2.05, 4.69) is 5.32 Å². The van der Waals surface area contributed by atoms with Crippen LogP contribution >= 0.6 is 12.2 Å². The molecule has 5 nitrogen and oxygen atoms in total. The summed E-state index contributed by atoms with van der Waals surface area (Å²) in [4.78, 5) is 11.7. The topological polar surface area (TPSA) is 84.6 Å². The van der Waals surface area contributed by atoms with Crippen molar-refractivity contribution < 1.29 is 14.6 Å². The maximum atomic E-state index is 11.6. The van der Waals surface area contributed by atoms with E-state index in [1.165, 1.54) is 18.2 Å². The number of phenolic OH excluding ortho intramolecular Hbond substituents is 1. The number of ether oxygens (including phenoxy) is 1. The molecule has 1 amide bonds. The third kappa shape index (κ3) is 4.21. The third-order valence-electron chi connectivity index (χ3n) is 1.90. The number of nitrogens with one attached hydrogen (secondary N) is 1. The molecule has 6 heteroatoms. The molecule has 1 aromatic rings. The lowest BCUT2D eigenvalue weighted by atomic mass is 10.1. The van der Waals surface area contributed by atoms with Gasteiger partial charge in [0.1, 0.15) is 16.3 Å². The number of aromatic hydroxyl groups is 1. The van der Waals surface area contributed by atoms with E-state index in [9.17, 15) is 9.90 Å². The van der Waals surface area contributed by atoms with Crippen LogP contribution in [0.5, 0.6) is 5.75 Å². The fraction of sp³-hybridized carbons (Fsp3) is 0.333. The molecule has 0 atom stereocenters. The molecule has 0 saturated carbocycles. The number of carbonyl (C=O) groups is 1. The molecule has 4 N–H and O–H groups in total. The third-order valence-corrected chi connectivity index (χ3v) is 2.12. The van der Waals surface area contributed by atoms with Gasteiger partial charge in [0.15, 0.2) is 0 Å². The smallest absolute Gasteiger partial charge is 0.412 e. The Bertz CT molecular complexity index is 481. The molecule has 0 aliphatic rings. The number of amides is 1.